The van der Waals surface area contributed by atoms with Gasteiger partial charge in [0, 0.05) is 27.4 Å². The summed E-state index contributed by atoms with van der Waals surface area (Å²) in [7, 11) is 0. The van der Waals surface area contributed by atoms with Crippen LogP contribution in [-0.2, 0) is 0 Å². The zero-order chi connectivity index (χ0) is 16.5. The molecular weight excluding hydrogens is 320 g/mol. The van der Waals surface area contributed by atoms with Gasteiger partial charge in [0.1, 0.15) is 0 Å². The maximum absolute atomic E-state index is 12.5. The highest BCUT2D eigenvalue weighted by Crippen LogP contribution is 2.21. The third-order valence-corrected chi connectivity index (χ3v) is 4.26. The fourth-order valence-corrected chi connectivity index (χ4v) is 2.97. The van der Waals surface area contributed by atoms with Crippen LogP contribution in [0.25, 0.3) is 21.7 Å². The smallest absolute Gasteiger partial charge is 0.264 e. The van der Waals surface area contributed by atoms with Gasteiger partial charge >= 0.3 is 5.91 Å². The van der Waals surface area contributed by atoms with E-state index >= 15 is 0 Å². The lowest BCUT2D eigenvalue weighted by molar-refractivity contribution is -0.612. The summed E-state index contributed by atoms with van der Waals surface area (Å²) in [5, 5.41) is 3.92. The van der Waals surface area contributed by atoms with Crippen molar-refractivity contribution >= 4 is 39.2 Å². The summed E-state index contributed by atoms with van der Waals surface area (Å²) in [5.41, 5.74) is 4.45. The van der Waals surface area contributed by atoms with Crippen LogP contribution in [0.2, 0.25) is 5.02 Å². The standard InChI is InChI=1S/C20H13ClN2O/c21-16-11-9-14(10-12-16)20(24)22-23-13-15-5-1-2-6-17(15)18-7-3-4-8-19(18)23/h1-13H/p+1. The van der Waals surface area contributed by atoms with E-state index in [4.69, 9.17) is 11.6 Å². The number of pyridine rings is 1. The average Bonchev–Trinajstić information content (AvgIpc) is 2.62. The van der Waals surface area contributed by atoms with Gasteiger partial charge in [-0.05, 0) is 36.4 Å². The molecule has 0 fully saturated rings. The van der Waals surface area contributed by atoms with E-state index in [2.05, 4.69) is 17.6 Å². The van der Waals surface area contributed by atoms with Crippen LogP contribution in [0.4, 0.5) is 0 Å². The zero-order valence-corrected chi connectivity index (χ0v) is 13.5. The molecule has 3 aromatic carbocycles. The summed E-state index contributed by atoms with van der Waals surface area (Å²) in [6.07, 6.45) is 1.94. The Morgan fingerprint density at radius 2 is 1.50 bits per heavy atom. The number of nitrogens with one attached hydrogen (secondary N) is 1. The first-order valence-electron chi connectivity index (χ1n) is 7.61. The molecule has 0 bridgehead atoms. The van der Waals surface area contributed by atoms with Crippen LogP contribution < -0.4 is 10.1 Å². The molecule has 4 aromatic rings. The van der Waals surface area contributed by atoms with Gasteiger partial charge in [0.05, 0.1) is 5.39 Å². The number of hydrogen-bond acceptors (Lipinski definition) is 1. The Morgan fingerprint density at radius 1 is 0.833 bits per heavy atom. The monoisotopic (exact) mass is 333 g/mol. The van der Waals surface area contributed by atoms with E-state index in [0.717, 1.165) is 21.7 Å². The first-order valence-corrected chi connectivity index (χ1v) is 7.99. The molecule has 1 heterocycles. The van der Waals surface area contributed by atoms with Gasteiger partial charge in [-0.15, -0.1) is 5.43 Å². The van der Waals surface area contributed by atoms with Crippen LogP contribution in [0.5, 0.6) is 0 Å². The number of hydrogen-bond donors (Lipinski definition) is 1. The molecule has 1 aromatic heterocycles. The highest BCUT2D eigenvalue weighted by atomic mass is 35.5. The maximum atomic E-state index is 12.5. The predicted molar refractivity (Wildman–Crippen MR) is 96.8 cm³/mol. The average molecular weight is 334 g/mol. The van der Waals surface area contributed by atoms with Crippen molar-refractivity contribution in [2.45, 2.75) is 0 Å². The van der Waals surface area contributed by atoms with Crippen molar-refractivity contribution in [1.82, 2.24) is 0 Å². The molecule has 0 saturated heterocycles. The Morgan fingerprint density at radius 3 is 2.29 bits per heavy atom. The number of nitrogens with zero attached hydrogens (tertiary/aromatic N) is 1. The van der Waals surface area contributed by atoms with Crippen LogP contribution in [0.3, 0.4) is 0 Å². The van der Waals surface area contributed by atoms with Gasteiger partial charge in [0.15, 0.2) is 0 Å². The molecule has 4 rings (SSSR count). The molecule has 4 heteroatoms. The van der Waals surface area contributed by atoms with Crippen molar-refractivity contribution in [3.05, 3.63) is 89.6 Å². The number of carbonyl (C=O) groups excluding carboxylic acids is 1. The van der Waals surface area contributed by atoms with Gasteiger partial charge in [-0.1, -0.05) is 46.6 Å². The Kier molecular flexibility index (Phi) is 3.63. The minimum absolute atomic E-state index is 0.183. The first-order chi connectivity index (χ1) is 11.7. The van der Waals surface area contributed by atoms with Gasteiger partial charge in [-0.25, -0.2) is 0 Å². The number of benzene rings is 3. The van der Waals surface area contributed by atoms with Gasteiger partial charge in [0.25, 0.3) is 0 Å². The highest BCUT2D eigenvalue weighted by Gasteiger charge is 2.16. The number of carbonyl (C=O) groups is 1. The van der Waals surface area contributed by atoms with E-state index in [-0.39, 0.29) is 5.91 Å². The van der Waals surface area contributed by atoms with Crippen LogP contribution in [0.15, 0.2) is 79.0 Å². The third kappa shape index (κ3) is 2.59. The predicted octanol–water partition coefficient (Wildman–Crippen LogP) is 4.32. The van der Waals surface area contributed by atoms with Crippen molar-refractivity contribution in [3.63, 3.8) is 0 Å². The van der Waals surface area contributed by atoms with E-state index in [9.17, 15) is 4.79 Å². The summed E-state index contributed by atoms with van der Waals surface area (Å²) in [5.74, 6) is -0.183. The molecule has 0 aliphatic rings. The number of aromatic nitrogens is 1. The molecule has 0 aliphatic carbocycles. The topological polar surface area (TPSA) is 33.0 Å². The molecule has 0 aliphatic heterocycles. The number of rotatable bonds is 2. The van der Waals surface area contributed by atoms with E-state index in [1.165, 1.54) is 0 Å². The van der Waals surface area contributed by atoms with Crippen molar-refractivity contribution in [1.29, 1.82) is 0 Å². The molecule has 116 valence electrons. The van der Waals surface area contributed by atoms with Crippen molar-refractivity contribution < 1.29 is 9.47 Å². The Balaban J connectivity index is 1.83. The first kappa shape index (κ1) is 14.7. The van der Waals surface area contributed by atoms with E-state index in [1.54, 1.807) is 28.9 Å². The van der Waals surface area contributed by atoms with Gasteiger partial charge < -0.3 is 0 Å². The number of para-hydroxylation sites is 1. The molecule has 3 nitrogen and oxygen atoms in total. The van der Waals surface area contributed by atoms with E-state index < -0.39 is 0 Å². The largest absolute Gasteiger partial charge is 0.305 e. The van der Waals surface area contributed by atoms with Gasteiger partial charge in [-0.2, -0.15) is 0 Å². The Hall–Kier alpha value is -2.91. The zero-order valence-electron chi connectivity index (χ0n) is 12.7. The van der Waals surface area contributed by atoms with Gasteiger partial charge in [0.2, 0.25) is 11.7 Å². The van der Waals surface area contributed by atoms with Gasteiger partial charge in [-0.3, -0.25) is 4.79 Å². The second kappa shape index (κ2) is 5.95. The lowest BCUT2D eigenvalue weighted by Gasteiger charge is -2.06. The minimum atomic E-state index is -0.183. The molecule has 24 heavy (non-hydrogen) atoms. The quantitative estimate of drug-likeness (QED) is 0.430. The lowest BCUT2D eigenvalue weighted by Crippen LogP contribution is -2.48. The molecule has 0 saturated carbocycles. The van der Waals surface area contributed by atoms with Crippen molar-refractivity contribution in [3.8, 4) is 0 Å². The number of fused-ring (bicyclic) bond motifs is 3. The fourth-order valence-electron chi connectivity index (χ4n) is 2.84. The minimum Gasteiger partial charge on any atom is -0.264 e. The van der Waals surface area contributed by atoms with Crippen LogP contribution >= 0.6 is 11.6 Å². The number of halogens is 1. The molecule has 0 atom stereocenters. The highest BCUT2D eigenvalue weighted by molar-refractivity contribution is 6.30. The number of amides is 1. The van der Waals surface area contributed by atoms with Crippen molar-refractivity contribution in [2.75, 3.05) is 5.43 Å². The Labute approximate surface area is 144 Å². The van der Waals surface area contributed by atoms with E-state index in [0.29, 0.717) is 10.6 Å². The summed E-state index contributed by atoms with van der Waals surface area (Å²) >= 11 is 5.88. The molecular formula is C20H14ClN2O+. The van der Waals surface area contributed by atoms with Crippen LogP contribution in [0, 0.1) is 0 Å². The molecule has 0 unspecified atom stereocenters. The normalized spacial score (nSPS) is 10.9. The van der Waals surface area contributed by atoms with E-state index in [1.807, 2.05) is 42.6 Å². The van der Waals surface area contributed by atoms with Crippen molar-refractivity contribution in [2.24, 2.45) is 0 Å². The summed E-state index contributed by atoms with van der Waals surface area (Å²) < 4.78 is 1.77. The lowest BCUT2D eigenvalue weighted by atomic mass is 10.1. The molecule has 1 amide bonds. The second-order valence-electron chi connectivity index (χ2n) is 5.55. The Bertz CT molecular complexity index is 1060. The molecule has 0 radical (unpaired) electrons. The summed E-state index contributed by atoms with van der Waals surface area (Å²) in [4.78, 5) is 12.5. The second-order valence-corrected chi connectivity index (χ2v) is 5.99. The van der Waals surface area contributed by atoms with Crippen LogP contribution in [0.1, 0.15) is 10.4 Å². The SMILES string of the molecule is O=C(N[n+]1cc2ccccc2c2ccccc21)c1ccc(Cl)cc1. The maximum Gasteiger partial charge on any atom is 0.305 e. The summed E-state index contributed by atoms with van der Waals surface area (Å²) in [6, 6.07) is 23.0. The fraction of sp³-hybridized carbons (Fsp3) is 0. The third-order valence-electron chi connectivity index (χ3n) is 4.01. The molecule has 1 N–H and O–H groups in total. The van der Waals surface area contributed by atoms with Crippen LogP contribution in [-0.4, -0.2) is 5.91 Å². The summed E-state index contributed by atoms with van der Waals surface area (Å²) in [6.45, 7) is 0. The molecule has 0 spiro atoms.